The quantitative estimate of drug-likeness (QED) is 0.753. The van der Waals surface area contributed by atoms with Gasteiger partial charge in [-0.05, 0) is 0 Å². The molecule has 0 aromatic carbocycles. The van der Waals surface area contributed by atoms with Gasteiger partial charge in [-0.1, -0.05) is 15.9 Å². The Kier molecular flexibility index (Phi) is 4.17. The van der Waals surface area contributed by atoms with Crippen molar-refractivity contribution in [3.8, 4) is 0 Å². The Hall–Kier alpha value is -0.880. The number of anilines is 1. The molecule has 5 nitrogen and oxygen atoms in total. The molecule has 6 heteroatoms. The highest BCUT2D eigenvalue weighted by molar-refractivity contribution is 9.09. The third-order valence-corrected chi connectivity index (χ3v) is 3.43. The number of aryl methyl sites for hydroxylation is 1. The van der Waals surface area contributed by atoms with E-state index in [2.05, 4.69) is 30.7 Å². The molecule has 1 aliphatic rings. The van der Waals surface area contributed by atoms with E-state index in [0.717, 1.165) is 38.1 Å². The monoisotopic (exact) mass is 300 g/mol. The van der Waals surface area contributed by atoms with E-state index in [1.165, 1.54) is 0 Å². The van der Waals surface area contributed by atoms with Gasteiger partial charge in [-0.3, -0.25) is 9.69 Å². The molecule has 0 spiro atoms. The fourth-order valence-corrected chi connectivity index (χ4v) is 2.51. The Morgan fingerprint density at radius 3 is 2.71 bits per heavy atom. The first-order valence-corrected chi connectivity index (χ1v) is 6.89. The second-order valence-corrected chi connectivity index (χ2v) is 4.98. The summed E-state index contributed by atoms with van der Waals surface area (Å²) in [6, 6.07) is 0. The zero-order valence-electron chi connectivity index (χ0n) is 9.97. The van der Waals surface area contributed by atoms with Crippen LogP contribution in [-0.4, -0.2) is 52.5 Å². The molecule has 0 saturated carbocycles. The van der Waals surface area contributed by atoms with E-state index in [-0.39, 0.29) is 5.56 Å². The maximum Gasteiger partial charge on any atom is 0.293 e. The normalized spacial score (nSPS) is 17.4. The van der Waals surface area contributed by atoms with Crippen molar-refractivity contribution in [2.75, 3.05) is 43.0 Å². The number of rotatable bonds is 3. The first kappa shape index (κ1) is 12.6. The van der Waals surface area contributed by atoms with Gasteiger partial charge in [-0.2, -0.15) is 0 Å². The second kappa shape index (κ2) is 5.64. The summed E-state index contributed by atoms with van der Waals surface area (Å²) < 4.78 is 1.58. The maximum atomic E-state index is 11.9. The first-order valence-electron chi connectivity index (χ1n) is 5.77. The lowest BCUT2D eigenvalue weighted by atomic mass is 10.3. The van der Waals surface area contributed by atoms with Gasteiger partial charge in [-0.15, -0.1) is 0 Å². The molecule has 1 fully saturated rings. The molecule has 1 aromatic rings. The van der Waals surface area contributed by atoms with Gasteiger partial charge >= 0.3 is 0 Å². The zero-order chi connectivity index (χ0) is 12.3. The van der Waals surface area contributed by atoms with Gasteiger partial charge in [0, 0.05) is 57.5 Å². The minimum Gasteiger partial charge on any atom is -0.349 e. The summed E-state index contributed by atoms with van der Waals surface area (Å²) in [6.07, 6.45) is 3.37. The highest BCUT2D eigenvalue weighted by atomic mass is 79.9. The molecule has 1 aliphatic heterocycles. The van der Waals surface area contributed by atoms with Crippen LogP contribution in [0.1, 0.15) is 0 Å². The predicted molar refractivity (Wildman–Crippen MR) is 71.9 cm³/mol. The van der Waals surface area contributed by atoms with E-state index in [9.17, 15) is 4.79 Å². The minimum absolute atomic E-state index is 0.0126. The molecule has 1 saturated heterocycles. The minimum atomic E-state index is -0.0126. The Morgan fingerprint density at radius 1 is 1.35 bits per heavy atom. The zero-order valence-corrected chi connectivity index (χ0v) is 11.6. The third kappa shape index (κ3) is 2.87. The summed E-state index contributed by atoms with van der Waals surface area (Å²) in [5.41, 5.74) is -0.0126. The topological polar surface area (TPSA) is 41.4 Å². The number of aromatic nitrogens is 2. The number of nitrogens with zero attached hydrogens (tertiary/aromatic N) is 4. The lowest BCUT2D eigenvalue weighted by molar-refractivity contribution is 0.273. The smallest absolute Gasteiger partial charge is 0.293 e. The SMILES string of the molecule is Cn1ccnc(N2CCN(CCBr)CC2)c1=O. The molecule has 94 valence electrons. The fourth-order valence-electron chi connectivity index (χ4n) is 2.00. The van der Waals surface area contributed by atoms with Crippen LogP contribution < -0.4 is 10.5 Å². The summed E-state index contributed by atoms with van der Waals surface area (Å²) in [4.78, 5) is 20.6. The lowest BCUT2D eigenvalue weighted by Crippen LogP contribution is -2.49. The Labute approximate surface area is 109 Å². The molecule has 0 radical (unpaired) electrons. The van der Waals surface area contributed by atoms with Gasteiger partial charge in [0.1, 0.15) is 0 Å². The summed E-state index contributed by atoms with van der Waals surface area (Å²) in [6.45, 7) is 4.79. The molecule has 0 unspecified atom stereocenters. The largest absolute Gasteiger partial charge is 0.349 e. The van der Waals surface area contributed by atoms with Gasteiger partial charge < -0.3 is 9.47 Å². The molecule has 2 rings (SSSR count). The van der Waals surface area contributed by atoms with E-state index >= 15 is 0 Å². The summed E-state index contributed by atoms with van der Waals surface area (Å²) in [5.74, 6) is 0.577. The van der Waals surface area contributed by atoms with Gasteiger partial charge in [-0.25, -0.2) is 4.98 Å². The van der Waals surface area contributed by atoms with E-state index < -0.39 is 0 Å². The Morgan fingerprint density at radius 2 is 2.06 bits per heavy atom. The molecule has 0 atom stereocenters. The fraction of sp³-hybridized carbons (Fsp3) is 0.636. The van der Waals surface area contributed by atoms with Crippen molar-refractivity contribution < 1.29 is 0 Å². The lowest BCUT2D eigenvalue weighted by Gasteiger charge is -2.34. The van der Waals surface area contributed by atoms with Crippen LogP contribution in [0.4, 0.5) is 5.82 Å². The van der Waals surface area contributed by atoms with Crippen LogP contribution in [0.3, 0.4) is 0 Å². The number of hydrogen-bond donors (Lipinski definition) is 0. The van der Waals surface area contributed by atoms with Gasteiger partial charge in [0.2, 0.25) is 0 Å². The van der Waals surface area contributed by atoms with Gasteiger partial charge in [0.25, 0.3) is 5.56 Å². The van der Waals surface area contributed by atoms with Crippen molar-refractivity contribution in [2.45, 2.75) is 0 Å². The van der Waals surface area contributed by atoms with Crippen molar-refractivity contribution in [3.05, 3.63) is 22.7 Å². The van der Waals surface area contributed by atoms with Crippen molar-refractivity contribution in [2.24, 2.45) is 7.05 Å². The highest BCUT2D eigenvalue weighted by Crippen LogP contribution is 2.08. The predicted octanol–water partition coefficient (Wildman–Crippen LogP) is 0.297. The van der Waals surface area contributed by atoms with Crippen LogP contribution >= 0.6 is 15.9 Å². The summed E-state index contributed by atoms with van der Waals surface area (Å²) in [5, 5.41) is 0.998. The van der Waals surface area contributed by atoms with Gasteiger partial charge in [0.05, 0.1) is 0 Å². The van der Waals surface area contributed by atoms with Crippen LogP contribution in [0.5, 0.6) is 0 Å². The molecule has 0 aliphatic carbocycles. The molecular formula is C11H17BrN4O. The highest BCUT2D eigenvalue weighted by Gasteiger charge is 2.19. The number of piperazine rings is 1. The molecule has 0 N–H and O–H groups in total. The molecule has 2 heterocycles. The van der Waals surface area contributed by atoms with E-state index in [1.54, 1.807) is 24.0 Å². The van der Waals surface area contributed by atoms with Crippen LogP contribution in [0.2, 0.25) is 0 Å². The Balaban J connectivity index is 2.06. The average molecular weight is 301 g/mol. The molecule has 0 bridgehead atoms. The number of halogens is 1. The van der Waals surface area contributed by atoms with Crippen LogP contribution in [0.15, 0.2) is 17.2 Å². The van der Waals surface area contributed by atoms with Gasteiger partial charge in [0.15, 0.2) is 5.82 Å². The van der Waals surface area contributed by atoms with Crippen molar-refractivity contribution in [1.29, 1.82) is 0 Å². The first-order chi connectivity index (χ1) is 8.22. The molecular weight excluding hydrogens is 284 g/mol. The number of alkyl halides is 1. The standard InChI is InChI=1S/C11H17BrN4O/c1-14-5-3-13-10(11(14)17)16-8-6-15(4-2-12)7-9-16/h3,5H,2,4,6-9H2,1H3. The average Bonchev–Trinajstić information content (AvgIpc) is 2.34. The van der Waals surface area contributed by atoms with Crippen molar-refractivity contribution >= 4 is 21.7 Å². The Bertz CT molecular complexity index is 426. The maximum absolute atomic E-state index is 11.9. The van der Waals surface area contributed by atoms with Crippen molar-refractivity contribution in [3.63, 3.8) is 0 Å². The molecule has 1 aromatic heterocycles. The molecule has 0 amide bonds. The molecule has 17 heavy (non-hydrogen) atoms. The van der Waals surface area contributed by atoms with Crippen LogP contribution in [-0.2, 0) is 7.05 Å². The number of hydrogen-bond acceptors (Lipinski definition) is 4. The van der Waals surface area contributed by atoms with E-state index in [4.69, 9.17) is 0 Å². The van der Waals surface area contributed by atoms with Crippen LogP contribution in [0, 0.1) is 0 Å². The third-order valence-electron chi connectivity index (χ3n) is 3.07. The van der Waals surface area contributed by atoms with Crippen LogP contribution in [0.25, 0.3) is 0 Å². The van der Waals surface area contributed by atoms with E-state index in [0.29, 0.717) is 5.82 Å². The second-order valence-electron chi connectivity index (χ2n) is 4.18. The summed E-state index contributed by atoms with van der Waals surface area (Å²) in [7, 11) is 1.76. The van der Waals surface area contributed by atoms with Crippen molar-refractivity contribution in [1.82, 2.24) is 14.5 Å². The summed E-state index contributed by atoms with van der Waals surface area (Å²) >= 11 is 3.45. The van der Waals surface area contributed by atoms with E-state index in [1.807, 2.05) is 0 Å².